The summed E-state index contributed by atoms with van der Waals surface area (Å²) in [4.78, 5) is 20.6. The molecule has 8 heteroatoms. The van der Waals surface area contributed by atoms with Crippen molar-refractivity contribution >= 4 is 39.3 Å². The van der Waals surface area contributed by atoms with Crippen LogP contribution < -0.4 is 0 Å². The van der Waals surface area contributed by atoms with E-state index in [9.17, 15) is 9.90 Å². The zero-order valence-corrected chi connectivity index (χ0v) is 12.8. The van der Waals surface area contributed by atoms with Gasteiger partial charge in [-0.2, -0.15) is 5.10 Å². The molecular weight excluding hydrogens is 308 g/mol. The van der Waals surface area contributed by atoms with Crippen LogP contribution in [0.25, 0.3) is 10.2 Å². The van der Waals surface area contributed by atoms with E-state index in [1.165, 1.54) is 18.1 Å². The van der Waals surface area contributed by atoms with E-state index >= 15 is 0 Å². The molecule has 0 spiro atoms. The van der Waals surface area contributed by atoms with Gasteiger partial charge in [-0.15, -0.1) is 16.4 Å². The molecule has 21 heavy (non-hydrogen) atoms. The van der Waals surface area contributed by atoms with Crippen LogP contribution in [0.2, 0.25) is 0 Å². The molecule has 0 bridgehead atoms. The third-order valence-electron chi connectivity index (χ3n) is 2.86. The lowest BCUT2D eigenvalue weighted by atomic mass is 10.2. The monoisotopic (exact) mass is 318 g/mol. The quantitative estimate of drug-likeness (QED) is 0.743. The van der Waals surface area contributed by atoms with Crippen LogP contribution in [0.3, 0.4) is 0 Å². The van der Waals surface area contributed by atoms with Crippen molar-refractivity contribution in [3.63, 3.8) is 0 Å². The van der Waals surface area contributed by atoms with Gasteiger partial charge in [0.25, 0.3) is 0 Å². The fourth-order valence-electron chi connectivity index (χ4n) is 1.86. The Kier molecular flexibility index (Phi) is 3.56. The molecule has 3 rings (SSSR count). The van der Waals surface area contributed by atoms with Crippen LogP contribution in [0.15, 0.2) is 28.5 Å². The van der Waals surface area contributed by atoms with Gasteiger partial charge in [0.15, 0.2) is 0 Å². The molecule has 3 heterocycles. The molecule has 0 saturated carbocycles. The van der Waals surface area contributed by atoms with Crippen LogP contribution in [0.5, 0.6) is 0 Å². The second-order valence-corrected chi connectivity index (χ2v) is 6.34. The maximum absolute atomic E-state index is 11.2. The van der Waals surface area contributed by atoms with Crippen molar-refractivity contribution in [2.75, 3.05) is 0 Å². The molecule has 0 aliphatic carbocycles. The van der Waals surface area contributed by atoms with Crippen LogP contribution in [0.1, 0.15) is 20.9 Å². The molecule has 106 valence electrons. The summed E-state index contributed by atoms with van der Waals surface area (Å²) < 4.78 is 0. The number of aryl methyl sites for hydroxylation is 2. The fraction of sp³-hybridized carbons (Fsp3) is 0.154. The van der Waals surface area contributed by atoms with Crippen molar-refractivity contribution < 1.29 is 9.90 Å². The summed E-state index contributed by atoms with van der Waals surface area (Å²) in [6, 6.07) is 3.73. The number of hydrogen-bond donors (Lipinski definition) is 1. The van der Waals surface area contributed by atoms with Gasteiger partial charge in [-0.25, -0.2) is 14.8 Å². The van der Waals surface area contributed by atoms with Gasteiger partial charge in [0, 0.05) is 5.39 Å². The molecule has 0 aliphatic rings. The molecule has 0 unspecified atom stereocenters. The molecule has 0 aliphatic heterocycles. The minimum absolute atomic E-state index is 0.294. The van der Waals surface area contributed by atoms with E-state index in [4.69, 9.17) is 0 Å². The highest BCUT2D eigenvalue weighted by atomic mass is 32.2. The topological polar surface area (TPSA) is 88.9 Å². The highest BCUT2D eigenvalue weighted by Gasteiger charge is 2.19. The van der Waals surface area contributed by atoms with Crippen LogP contribution in [0.4, 0.5) is 0 Å². The number of fused-ring (bicyclic) bond motifs is 1. The first-order valence-electron chi connectivity index (χ1n) is 6.02. The van der Waals surface area contributed by atoms with E-state index in [1.807, 2.05) is 19.1 Å². The summed E-state index contributed by atoms with van der Waals surface area (Å²) in [5, 5.41) is 19.5. The maximum atomic E-state index is 11.2. The van der Waals surface area contributed by atoms with Crippen molar-refractivity contribution in [3.8, 4) is 0 Å². The summed E-state index contributed by atoms with van der Waals surface area (Å²) >= 11 is 2.51. The Morgan fingerprint density at radius 1 is 1.24 bits per heavy atom. The number of aromatic nitrogens is 4. The SMILES string of the molecule is Cc1ccc(Sc2ncnc3sc(C(=O)O)c(C)c23)nn1. The number of thiophene rings is 1. The Labute approximate surface area is 128 Å². The maximum Gasteiger partial charge on any atom is 0.346 e. The van der Waals surface area contributed by atoms with Gasteiger partial charge in [-0.1, -0.05) is 0 Å². The summed E-state index contributed by atoms with van der Waals surface area (Å²) in [6.07, 6.45) is 1.44. The third kappa shape index (κ3) is 2.59. The van der Waals surface area contributed by atoms with Crippen molar-refractivity contribution in [2.45, 2.75) is 23.9 Å². The predicted octanol–water partition coefficient (Wildman–Crippen LogP) is 2.95. The zero-order valence-electron chi connectivity index (χ0n) is 11.2. The molecule has 3 aromatic rings. The molecule has 0 aromatic carbocycles. The van der Waals surface area contributed by atoms with E-state index in [1.54, 1.807) is 6.92 Å². The molecule has 0 saturated heterocycles. The van der Waals surface area contributed by atoms with Crippen LogP contribution in [-0.4, -0.2) is 31.2 Å². The number of aromatic carboxylic acids is 1. The summed E-state index contributed by atoms with van der Waals surface area (Å²) in [6.45, 7) is 3.64. The molecule has 0 radical (unpaired) electrons. The number of carbonyl (C=O) groups is 1. The highest BCUT2D eigenvalue weighted by Crippen LogP contribution is 2.36. The third-order valence-corrected chi connectivity index (χ3v) is 4.98. The second kappa shape index (κ2) is 5.38. The lowest BCUT2D eigenvalue weighted by Gasteiger charge is -2.02. The van der Waals surface area contributed by atoms with Crippen molar-refractivity contribution in [3.05, 3.63) is 34.6 Å². The number of carboxylic acids is 1. The largest absolute Gasteiger partial charge is 0.477 e. The Balaban J connectivity index is 2.10. The average Bonchev–Trinajstić information content (AvgIpc) is 2.80. The fourth-order valence-corrected chi connectivity index (χ4v) is 3.78. The van der Waals surface area contributed by atoms with Crippen LogP contribution in [0, 0.1) is 13.8 Å². The van der Waals surface area contributed by atoms with Gasteiger partial charge < -0.3 is 5.11 Å². The number of carboxylic acid groups (broad SMARTS) is 1. The van der Waals surface area contributed by atoms with E-state index in [0.717, 1.165) is 22.4 Å². The zero-order chi connectivity index (χ0) is 15.0. The molecule has 1 N–H and O–H groups in total. The smallest absolute Gasteiger partial charge is 0.346 e. The minimum atomic E-state index is -0.943. The standard InChI is InChI=1S/C13H10N4O2S2/c1-6-3-4-8(17-16-6)20-11-9-7(2)10(13(18)19)21-12(9)15-5-14-11/h3-5H,1-2H3,(H,18,19). The van der Waals surface area contributed by atoms with E-state index in [-0.39, 0.29) is 0 Å². The Bertz CT molecular complexity index is 830. The number of nitrogens with zero attached hydrogens (tertiary/aromatic N) is 4. The van der Waals surface area contributed by atoms with E-state index in [0.29, 0.717) is 25.3 Å². The van der Waals surface area contributed by atoms with Gasteiger partial charge in [0.05, 0.1) is 5.69 Å². The molecule has 0 amide bonds. The predicted molar refractivity (Wildman–Crippen MR) is 80.0 cm³/mol. The van der Waals surface area contributed by atoms with E-state index < -0.39 is 5.97 Å². The van der Waals surface area contributed by atoms with Crippen LogP contribution in [-0.2, 0) is 0 Å². The van der Waals surface area contributed by atoms with E-state index in [2.05, 4.69) is 20.2 Å². The van der Waals surface area contributed by atoms with Crippen molar-refractivity contribution in [2.24, 2.45) is 0 Å². The summed E-state index contributed by atoms with van der Waals surface area (Å²) in [5.74, 6) is -0.943. The molecule has 0 atom stereocenters. The Hall–Kier alpha value is -2.06. The lowest BCUT2D eigenvalue weighted by molar-refractivity contribution is 0.0701. The second-order valence-electron chi connectivity index (χ2n) is 4.34. The molecular formula is C13H10N4O2S2. The number of rotatable bonds is 3. The first kappa shape index (κ1) is 13.9. The van der Waals surface area contributed by atoms with Crippen molar-refractivity contribution in [1.82, 2.24) is 20.2 Å². The average molecular weight is 318 g/mol. The normalized spacial score (nSPS) is 11.0. The lowest BCUT2D eigenvalue weighted by Crippen LogP contribution is -1.94. The van der Waals surface area contributed by atoms with Gasteiger partial charge in [-0.3, -0.25) is 0 Å². The Morgan fingerprint density at radius 3 is 2.71 bits per heavy atom. The highest BCUT2D eigenvalue weighted by molar-refractivity contribution is 7.99. The number of hydrogen-bond acceptors (Lipinski definition) is 7. The summed E-state index contributed by atoms with van der Waals surface area (Å²) in [7, 11) is 0. The minimum Gasteiger partial charge on any atom is -0.477 e. The first-order valence-corrected chi connectivity index (χ1v) is 7.65. The van der Waals surface area contributed by atoms with Gasteiger partial charge in [-0.05, 0) is 43.3 Å². The molecule has 0 fully saturated rings. The van der Waals surface area contributed by atoms with Gasteiger partial charge in [0.1, 0.15) is 26.1 Å². The molecule has 3 aromatic heterocycles. The van der Waals surface area contributed by atoms with Gasteiger partial charge >= 0.3 is 5.97 Å². The molecule has 6 nitrogen and oxygen atoms in total. The van der Waals surface area contributed by atoms with Crippen LogP contribution >= 0.6 is 23.1 Å². The first-order chi connectivity index (χ1) is 10.1. The van der Waals surface area contributed by atoms with Gasteiger partial charge in [0.2, 0.25) is 0 Å². The van der Waals surface area contributed by atoms with Crippen molar-refractivity contribution in [1.29, 1.82) is 0 Å². The Morgan fingerprint density at radius 2 is 2.05 bits per heavy atom. The summed E-state index contributed by atoms with van der Waals surface area (Å²) in [5.41, 5.74) is 1.53.